The van der Waals surface area contributed by atoms with E-state index in [1.807, 2.05) is 24.3 Å². The molecule has 0 aromatic heterocycles. The lowest BCUT2D eigenvalue weighted by molar-refractivity contribution is 0.262. The van der Waals surface area contributed by atoms with Crippen LogP contribution >= 0.6 is 0 Å². The largest absolute Gasteiger partial charge is 0.497 e. The minimum Gasteiger partial charge on any atom is -0.497 e. The summed E-state index contributed by atoms with van der Waals surface area (Å²) in [4.78, 5) is 3.43. The van der Waals surface area contributed by atoms with E-state index in [0.29, 0.717) is 6.54 Å². The van der Waals surface area contributed by atoms with Gasteiger partial charge in [0.1, 0.15) is 17.4 Å². The first-order valence-electron chi connectivity index (χ1n) is 8.96. The highest BCUT2D eigenvalue weighted by molar-refractivity contribution is 7.89. The van der Waals surface area contributed by atoms with Crippen molar-refractivity contribution in [1.29, 1.82) is 0 Å². The zero-order chi connectivity index (χ0) is 20.1. The maximum absolute atomic E-state index is 13.7. The normalized spacial score (nSPS) is 15.6. The zero-order valence-corrected chi connectivity index (χ0v) is 16.4. The van der Waals surface area contributed by atoms with Gasteiger partial charge >= 0.3 is 0 Å². The lowest BCUT2D eigenvalue weighted by atomic mass is 10.2. The molecule has 28 heavy (non-hydrogen) atoms. The summed E-state index contributed by atoms with van der Waals surface area (Å²) in [6, 6.07) is 10.8. The average Bonchev–Trinajstić information content (AvgIpc) is 2.68. The highest BCUT2D eigenvalue weighted by atomic mass is 32.2. The fourth-order valence-electron chi connectivity index (χ4n) is 3.17. The Balaban J connectivity index is 1.49. The predicted molar refractivity (Wildman–Crippen MR) is 103 cm³/mol. The molecule has 1 aliphatic rings. The lowest BCUT2D eigenvalue weighted by Crippen LogP contribution is -2.48. The Kier molecular flexibility index (Phi) is 6.48. The SMILES string of the molecule is COc1ccc(N2CCN(CCNS(=O)(=O)c3c(F)cccc3F)CC2)cc1. The molecule has 0 spiro atoms. The van der Waals surface area contributed by atoms with Crippen molar-refractivity contribution in [3.63, 3.8) is 0 Å². The van der Waals surface area contributed by atoms with Gasteiger partial charge in [-0.2, -0.15) is 0 Å². The second-order valence-corrected chi connectivity index (χ2v) is 8.18. The Morgan fingerprint density at radius 2 is 1.61 bits per heavy atom. The number of nitrogens with one attached hydrogen (secondary N) is 1. The first-order chi connectivity index (χ1) is 13.4. The maximum atomic E-state index is 13.7. The number of ether oxygens (including phenoxy) is 1. The summed E-state index contributed by atoms with van der Waals surface area (Å²) >= 11 is 0. The molecule has 0 aliphatic carbocycles. The Morgan fingerprint density at radius 1 is 1.00 bits per heavy atom. The van der Waals surface area contributed by atoms with E-state index in [1.165, 1.54) is 0 Å². The van der Waals surface area contributed by atoms with Crippen molar-refractivity contribution in [2.75, 3.05) is 51.3 Å². The van der Waals surface area contributed by atoms with E-state index in [4.69, 9.17) is 4.74 Å². The maximum Gasteiger partial charge on any atom is 0.246 e. The number of nitrogens with zero attached hydrogens (tertiary/aromatic N) is 2. The van der Waals surface area contributed by atoms with E-state index in [9.17, 15) is 17.2 Å². The van der Waals surface area contributed by atoms with Crippen molar-refractivity contribution in [2.45, 2.75) is 4.90 Å². The molecule has 3 rings (SSSR count). The van der Waals surface area contributed by atoms with Gasteiger partial charge in [0.25, 0.3) is 0 Å². The molecule has 0 unspecified atom stereocenters. The molecule has 2 aromatic rings. The fourth-order valence-corrected chi connectivity index (χ4v) is 4.33. The molecule has 2 aromatic carbocycles. The van der Waals surface area contributed by atoms with Crippen molar-refractivity contribution < 1.29 is 21.9 Å². The first-order valence-corrected chi connectivity index (χ1v) is 10.4. The quantitative estimate of drug-likeness (QED) is 0.756. The molecular weight excluding hydrogens is 388 g/mol. The van der Waals surface area contributed by atoms with Gasteiger partial charge in [0, 0.05) is 45.0 Å². The van der Waals surface area contributed by atoms with E-state index in [2.05, 4.69) is 14.5 Å². The van der Waals surface area contributed by atoms with Gasteiger partial charge in [0.15, 0.2) is 4.90 Å². The van der Waals surface area contributed by atoms with Crippen LogP contribution in [-0.2, 0) is 10.0 Å². The van der Waals surface area contributed by atoms with Crippen molar-refractivity contribution in [3.8, 4) is 5.75 Å². The molecule has 152 valence electrons. The molecule has 1 aliphatic heterocycles. The number of benzene rings is 2. The van der Waals surface area contributed by atoms with Crippen LogP contribution in [-0.4, -0.2) is 59.7 Å². The van der Waals surface area contributed by atoms with E-state index in [1.54, 1.807) is 7.11 Å². The smallest absolute Gasteiger partial charge is 0.246 e. The number of sulfonamides is 1. The number of hydrogen-bond acceptors (Lipinski definition) is 5. The average molecular weight is 411 g/mol. The number of methoxy groups -OCH3 is 1. The molecule has 1 fully saturated rings. The highest BCUT2D eigenvalue weighted by Gasteiger charge is 2.24. The van der Waals surface area contributed by atoms with Gasteiger partial charge in [-0.05, 0) is 36.4 Å². The summed E-state index contributed by atoms with van der Waals surface area (Å²) in [5, 5.41) is 0. The van der Waals surface area contributed by atoms with Crippen molar-refractivity contribution >= 4 is 15.7 Å². The van der Waals surface area contributed by atoms with E-state index in [0.717, 1.165) is 55.8 Å². The van der Waals surface area contributed by atoms with Crippen LogP contribution < -0.4 is 14.4 Å². The van der Waals surface area contributed by atoms with Gasteiger partial charge in [-0.15, -0.1) is 0 Å². The molecule has 1 saturated heterocycles. The zero-order valence-electron chi connectivity index (χ0n) is 15.6. The standard InChI is InChI=1S/C19H23F2N3O3S/c1-27-16-7-5-15(6-8-16)24-13-11-23(12-14-24)10-9-22-28(25,26)19-17(20)3-2-4-18(19)21/h2-8,22H,9-14H2,1H3. The summed E-state index contributed by atoms with van der Waals surface area (Å²) in [6.45, 7) is 3.69. The highest BCUT2D eigenvalue weighted by Crippen LogP contribution is 2.21. The van der Waals surface area contributed by atoms with Gasteiger partial charge in [0.05, 0.1) is 7.11 Å². The molecule has 0 radical (unpaired) electrons. The number of rotatable bonds is 7. The fraction of sp³-hybridized carbons (Fsp3) is 0.368. The van der Waals surface area contributed by atoms with Crippen LogP contribution in [0.15, 0.2) is 47.4 Å². The molecule has 0 bridgehead atoms. The third kappa shape index (κ3) is 4.78. The van der Waals surface area contributed by atoms with Gasteiger partial charge in [-0.25, -0.2) is 21.9 Å². The van der Waals surface area contributed by atoms with Gasteiger partial charge < -0.3 is 9.64 Å². The molecule has 0 amide bonds. The van der Waals surface area contributed by atoms with Crippen molar-refractivity contribution in [1.82, 2.24) is 9.62 Å². The van der Waals surface area contributed by atoms with Crippen LogP contribution in [0.1, 0.15) is 0 Å². The van der Waals surface area contributed by atoms with Gasteiger partial charge in [0.2, 0.25) is 10.0 Å². The Morgan fingerprint density at radius 3 is 2.18 bits per heavy atom. The molecule has 0 saturated carbocycles. The molecule has 0 atom stereocenters. The minimum absolute atomic E-state index is 0.0820. The Bertz CT molecular complexity index is 879. The first kappa shape index (κ1) is 20.5. The van der Waals surface area contributed by atoms with Crippen LogP contribution in [0.25, 0.3) is 0 Å². The van der Waals surface area contributed by atoms with Crippen molar-refractivity contribution in [2.24, 2.45) is 0 Å². The Hall–Kier alpha value is -2.23. The van der Waals surface area contributed by atoms with Crippen molar-refractivity contribution in [3.05, 3.63) is 54.1 Å². The molecule has 1 heterocycles. The van der Waals surface area contributed by atoms with E-state index in [-0.39, 0.29) is 6.54 Å². The number of hydrogen-bond donors (Lipinski definition) is 1. The summed E-state index contributed by atoms with van der Waals surface area (Å²) < 4.78 is 59.2. The van der Waals surface area contributed by atoms with Crippen LogP contribution in [0.3, 0.4) is 0 Å². The molecule has 9 heteroatoms. The van der Waals surface area contributed by atoms with Crippen LogP contribution in [0, 0.1) is 11.6 Å². The minimum atomic E-state index is -4.23. The summed E-state index contributed by atoms with van der Waals surface area (Å²) in [7, 11) is -2.60. The number of piperazine rings is 1. The van der Waals surface area contributed by atoms with Gasteiger partial charge in [-0.3, -0.25) is 4.90 Å². The summed E-state index contributed by atoms with van der Waals surface area (Å²) in [6.07, 6.45) is 0. The molecule has 6 nitrogen and oxygen atoms in total. The summed E-state index contributed by atoms with van der Waals surface area (Å²) in [5.74, 6) is -1.39. The van der Waals surface area contributed by atoms with E-state index >= 15 is 0 Å². The summed E-state index contributed by atoms with van der Waals surface area (Å²) in [5.41, 5.74) is 1.11. The number of halogens is 2. The lowest BCUT2D eigenvalue weighted by Gasteiger charge is -2.36. The third-order valence-corrected chi connectivity index (χ3v) is 6.23. The Labute approximate surface area is 163 Å². The van der Waals surface area contributed by atoms with Crippen LogP contribution in [0.4, 0.5) is 14.5 Å². The molecular formula is C19H23F2N3O3S. The molecule has 1 N–H and O–H groups in total. The second-order valence-electron chi connectivity index (χ2n) is 6.48. The third-order valence-electron chi connectivity index (χ3n) is 4.72. The second kappa shape index (κ2) is 8.85. The van der Waals surface area contributed by atoms with Gasteiger partial charge in [-0.1, -0.05) is 6.07 Å². The predicted octanol–water partition coefficient (Wildman–Crippen LogP) is 2.07. The van der Waals surface area contributed by atoms with Crippen LogP contribution in [0.2, 0.25) is 0 Å². The monoisotopic (exact) mass is 411 g/mol. The van der Waals surface area contributed by atoms with Crippen LogP contribution in [0.5, 0.6) is 5.75 Å². The topological polar surface area (TPSA) is 61.9 Å². The van der Waals surface area contributed by atoms with E-state index < -0.39 is 26.6 Å². The number of anilines is 1.